The number of para-hydroxylation sites is 1. The van der Waals surface area contributed by atoms with Crippen molar-refractivity contribution in [3.63, 3.8) is 0 Å². The Morgan fingerprint density at radius 1 is 1.47 bits per heavy atom. The summed E-state index contributed by atoms with van der Waals surface area (Å²) in [6, 6.07) is 4.60. The molecule has 1 amide bonds. The number of likely N-dealkylation sites (N-methyl/N-ethyl adjacent to an activating group) is 1. The molecule has 0 unspecified atom stereocenters. The van der Waals surface area contributed by atoms with Gasteiger partial charge >= 0.3 is 0 Å². The summed E-state index contributed by atoms with van der Waals surface area (Å²) < 4.78 is 19.0. The Kier molecular flexibility index (Phi) is 3.85. The number of aryl methyl sites for hydroxylation is 1. The summed E-state index contributed by atoms with van der Waals surface area (Å²) in [4.78, 5) is 13.7. The molecule has 19 heavy (non-hydrogen) atoms. The second-order valence-electron chi connectivity index (χ2n) is 4.28. The van der Waals surface area contributed by atoms with Crippen molar-refractivity contribution in [2.24, 2.45) is 0 Å². The van der Waals surface area contributed by atoms with Crippen LogP contribution in [0, 0.1) is 12.7 Å². The van der Waals surface area contributed by atoms with Crippen molar-refractivity contribution in [1.29, 1.82) is 0 Å². The Morgan fingerprint density at radius 3 is 2.79 bits per heavy atom. The largest absolute Gasteiger partial charge is 0.448 e. The number of furan rings is 1. The van der Waals surface area contributed by atoms with Gasteiger partial charge in [-0.25, -0.2) is 4.39 Å². The highest BCUT2D eigenvalue weighted by atomic mass is 19.1. The van der Waals surface area contributed by atoms with Crippen LogP contribution in [-0.2, 0) is 0 Å². The van der Waals surface area contributed by atoms with Crippen molar-refractivity contribution < 1.29 is 18.7 Å². The van der Waals surface area contributed by atoms with E-state index >= 15 is 0 Å². The van der Waals surface area contributed by atoms with E-state index < -0.39 is 5.82 Å². The Labute approximate surface area is 110 Å². The quantitative estimate of drug-likeness (QED) is 0.923. The first-order chi connectivity index (χ1) is 9.10. The summed E-state index contributed by atoms with van der Waals surface area (Å²) in [5.74, 6) is -0.676. The molecule has 4 nitrogen and oxygen atoms in total. The van der Waals surface area contributed by atoms with Crippen LogP contribution in [-0.4, -0.2) is 35.6 Å². The number of nitrogens with zero attached hydrogens (tertiary/aromatic N) is 1. The van der Waals surface area contributed by atoms with Crippen LogP contribution in [0.15, 0.2) is 22.6 Å². The highest BCUT2D eigenvalue weighted by Gasteiger charge is 2.23. The van der Waals surface area contributed by atoms with E-state index in [9.17, 15) is 9.18 Å². The minimum absolute atomic E-state index is 0.100. The lowest BCUT2D eigenvalue weighted by atomic mass is 10.1. The predicted molar refractivity (Wildman–Crippen MR) is 69.6 cm³/mol. The number of rotatable bonds is 4. The molecule has 0 bridgehead atoms. The van der Waals surface area contributed by atoms with Gasteiger partial charge in [0.1, 0.15) is 0 Å². The van der Waals surface area contributed by atoms with E-state index in [1.165, 1.54) is 11.0 Å². The lowest BCUT2D eigenvalue weighted by Gasteiger charge is -2.18. The van der Waals surface area contributed by atoms with Gasteiger partial charge in [0, 0.05) is 24.0 Å². The Hall–Kier alpha value is -1.88. The summed E-state index contributed by atoms with van der Waals surface area (Å²) in [7, 11) is 0. The topological polar surface area (TPSA) is 53.7 Å². The van der Waals surface area contributed by atoms with Crippen LogP contribution < -0.4 is 0 Å². The maximum absolute atomic E-state index is 13.6. The van der Waals surface area contributed by atoms with Crippen LogP contribution >= 0.6 is 0 Å². The summed E-state index contributed by atoms with van der Waals surface area (Å²) in [6.07, 6.45) is 0. The Balaban J connectivity index is 2.48. The van der Waals surface area contributed by atoms with Crippen molar-refractivity contribution in [2.45, 2.75) is 13.8 Å². The first kappa shape index (κ1) is 13.5. The average molecular weight is 265 g/mol. The molecular formula is C14H16FNO3. The summed E-state index contributed by atoms with van der Waals surface area (Å²) in [5, 5.41) is 9.53. The van der Waals surface area contributed by atoms with Crippen LogP contribution in [0.1, 0.15) is 23.0 Å². The van der Waals surface area contributed by atoms with Crippen molar-refractivity contribution in [3.05, 3.63) is 35.3 Å². The zero-order chi connectivity index (χ0) is 14.0. The smallest absolute Gasteiger partial charge is 0.289 e. The first-order valence-corrected chi connectivity index (χ1v) is 6.17. The number of carbonyl (C=O) groups is 1. The Bertz CT molecular complexity index is 606. The van der Waals surface area contributed by atoms with Crippen molar-refractivity contribution >= 4 is 16.9 Å². The average Bonchev–Trinajstić information content (AvgIpc) is 2.74. The fourth-order valence-electron chi connectivity index (χ4n) is 2.08. The van der Waals surface area contributed by atoms with Gasteiger partial charge in [-0.1, -0.05) is 12.1 Å². The van der Waals surface area contributed by atoms with Crippen LogP contribution in [0.5, 0.6) is 0 Å². The summed E-state index contributed by atoms with van der Waals surface area (Å²) in [5.41, 5.74) is 0.722. The van der Waals surface area contributed by atoms with Crippen molar-refractivity contribution in [2.75, 3.05) is 19.7 Å². The molecule has 0 saturated heterocycles. The SMILES string of the molecule is CCN(CCO)C(=O)c1oc2c(F)cccc2c1C. The van der Waals surface area contributed by atoms with Gasteiger partial charge in [-0.3, -0.25) is 4.79 Å². The molecule has 1 heterocycles. The van der Waals surface area contributed by atoms with E-state index in [-0.39, 0.29) is 30.4 Å². The molecule has 0 saturated carbocycles. The number of carbonyl (C=O) groups excluding carboxylic acids is 1. The van der Waals surface area contributed by atoms with Gasteiger partial charge in [0.05, 0.1) is 6.61 Å². The van der Waals surface area contributed by atoms with Crippen LogP contribution in [0.2, 0.25) is 0 Å². The van der Waals surface area contributed by atoms with Gasteiger partial charge in [-0.05, 0) is 19.9 Å². The normalized spacial score (nSPS) is 10.9. The van der Waals surface area contributed by atoms with Crippen LogP contribution in [0.25, 0.3) is 11.0 Å². The number of hydrogen-bond acceptors (Lipinski definition) is 3. The number of halogens is 1. The Morgan fingerprint density at radius 2 is 2.21 bits per heavy atom. The van der Waals surface area contributed by atoms with Gasteiger partial charge < -0.3 is 14.4 Å². The van der Waals surface area contributed by atoms with E-state index in [1.807, 2.05) is 6.92 Å². The number of aliphatic hydroxyl groups is 1. The molecule has 5 heteroatoms. The maximum Gasteiger partial charge on any atom is 0.289 e. The lowest BCUT2D eigenvalue weighted by Crippen LogP contribution is -2.33. The maximum atomic E-state index is 13.6. The molecule has 2 rings (SSSR count). The minimum atomic E-state index is -0.482. The van der Waals surface area contributed by atoms with Crippen LogP contribution in [0.4, 0.5) is 4.39 Å². The highest BCUT2D eigenvalue weighted by molar-refractivity contribution is 5.99. The zero-order valence-electron chi connectivity index (χ0n) is 10.9. The van der Waals surface area contributed by atoms with Crippen molar-refractivity contribution in [3.8, 4) is 0 Å². The molecule has 1 N–H and O–H groups in total. The molecule has 0 radical (unpaired) electrons. The third-order valence-corrected chi connectivity index (χ3v) is 3.15. The van der Waals surface area contributed by atoms with Gasteiger partial charge in [0.2, 0.25) is 0 Å². The van der Waals surface area contributed by atoms with Gasteiger partial charge in [0.15, 0.2) is 17.2 Å². The molecule has 2 aromatic rings. The second kappa shape index (κ2) is 5.40. The lowest BCUT2D eigenvalue weighted by molar-refractivity contribution is 0.0701. The zero-order valence-corrected chi connectivity index (χ0v) is 10.9. The molecule has 0 spiro atoms. The third-order valence-electron chi connectivity index (χ3n) is 3.15. The molecule has 0 fully saturated rings. The number of amides is 1. The van der Waals surface area contributed by atoms with E-state index in [2.05, 4.69) is 0 Å². The molecule has 1 aromatic heterocycles. The number of benzene rings is 1. The van der Waals surface area contributed by atoms with E-state index in [0.717, 1.165) is 0 Å². The van der Waals surface area contributed by atoms with Crippen molar-refractivity contribution in [1.82, 2.24) is 4.90 Å². The number of hydrogen-bond donors (Lipinski definition) is 1. The van der Waals surface area contributed by atoms with Gasteiger partial charge in [-0.15, -0.1) is 0 Å². The predicted octanol–water partition coefficient (Wildman–Crippen LogP) is 2.33. The molecule has 102 valence electrons. The molecule has 0 aliphatic heterocycles. The summed E-state index contributed by atoms with van der Waals surface area (Å²) >= 11 is 0. The minimum Gasteiger partial charge on any atom is -0.448 e. The molecule has 1 aromatic carbocycles. The molecule has 0 aliphatic rings. The standard InChI is InChI=1S/C14H16FNO3/c1-3-16(7-8-17)14(18)12-9(2)10-5-4-6-11(15)13(10)19-12/h4-6,17H,3,7-8H2,1-2H3. The molecular weight excluding hydrogens is 249 g/mol. The van der Waals surface area contributed by atoms with E-state index in [4.69, 9.17) is 9.52 Å². The fourth-order valence-corrected chi connectivity index (χ4v) is 2.08. The number of aliphatic hydroxyl groups excluding tert-OH is 1. The van der Waals surface area contributed by atoms with Crippen LogP contribution in [0.3, 0.4) is 0 Å². The first-order valence-electron chi connectivity index (χ1n) is 6.17. The third kappa shape index (κ3) is 2.33. The fraction of sp³-hybridized carbons (Fsp3) is 0.357. The molecule has 0 atom stereocenters. The summed E-state index contributed by atoms with van der Waals surface area (Å²) in [6.45, 7) is 4.11. The highest BCUT2D eigenvalue weighted by Crippen LogP contribution is 2.28. The monoisotopic (exact) mass is 265 g/mol. The van der Waals surface area contributed by atoms with Gasteiger partial charge in [-0.2, -0.15) is 0 Å². The van der Waals surface area contributed by atoms with Gasteiger partial charge in [0.25, 0.3) is 5.91 Å². The second-order valence-corrected chi connectivity index (χ2v) is 4.28. The molecule has 0 aliphatic carbocycles. The number of fused-ring (bicyclic) bond motifs is 1. The van der Waals surface area contributed by atoms with E-state index in [1.54, 1.807) is 19.1 Å². The van der Waals surface area contributed by atoms with E-state index in [0.29, 0.717) is 17.5 Å².